The van der Waals surface area contributed by atoms with Crippen LogP contribution in [0.4, 0.5) is 0 Å². The molecule has 0 saturated carbocycles. The van der Waals surface area contributed by atoms with Crippen molar-refractivity contribution in [1.82, 2.24) is 0 Å². The van der Waals surface area contributed by atoms with Gasteiger partial charge in [-0.15, -0.1) is 0 Å². The van der Waals surface area contributed by atoms with Crippen LogP contribution in [-0.2, 0) is 4.57 Å². The van der Waals surface area contributed by atoms with Crippen LogP contribution in [0.25, 0.3) is 0 Å². The van der Waals surface area contributed by atoms with Gasteiger partial charge >= 0.3 is 8.03 Å². The highest BCUT2D eigenvalue weighted by Crippen LogP contribution is 2.29. The Morgan fingerprint density at radius 1 is 1.41 bits per heavy atom. The van der Waals surface area contributed by atoms with E-state index in [2.05, 4.69) is 15.9 Å². The summed E-state index contributed by atoms with van der Waals surface area (Å²) >= 11 is 3.30. The molecule has 0 heterocycles. The maximum Gasteiger partial charge on any atom is 0.508 e. The highest BCUT2D eigenvalue weighted by atomic mass is 79.9. The zero-order valence-electron chi connectivity index (χ0n) is 9.60. The van der Waals surface area contributed by atoms with Crippen LogP contribution in [0.3, 0.4) is 0 Å². The second-order valence-corrected chi connectivity index (χ2v) is 6.08. The van der Waals surface area contributed by atoms with Gasteiger partial charge in [0.25, 0.3) is 0 Å². The normalized spacial score (nSPS) is 13.2. The summed E-state index contributed by atoms with van der Waals surface area (Å²) in [6.07, 6.45) is 1.41. The molecule has 1 rings (SSSR count). The lowest BCUT2D eigenvalue weighted by molar-refractivity contribution is 0.0979. The molecule has 0 aromatic heterocycles. The third-order valence-corrected chi connectivity index (χ3v) is 4.43. The number of Topliss-reactive ketones (excluding diaryl/α,β-unsaturated/α-hetero) is 1. The van der Waals surface area contributed by atoms with E-state index in [1.807, 2.05) is 19.1 Å². The van der Waals surface area contributed by atoms with Crippen LogP contribution in [0.15, 0.2) is 28.7 Å². The zero-order valence-corrected chi connectivity index (χ0v) is 12.1. The number of carbonyl (C=O) groups excluding carboxylic acids is 1. The first-order valence-electron chi connectivity index (χ1n) is 5.48. The summed E-state index contributed by atoms with van der Waals surface area (Å²) < 4.78 is 11.9. The van der Waals surface area contributed by atoms with Gasteiger partial charge in [0, 0.05) is 22.9 Å². The fourth-order valence-electron chi connectivity index (χ4n) is 1.55. The molecule has 0 fully saturated rings. The van der Waals surface area contributed by atoms with Gasteiger partial charge < -0.3 is 0 Å². The molecule has 0 bridgehead atoms. The first-order chi connectivity index (χ1) is 8.04. The molecule has 0 radical (unpaired) electrons. The quantitative estimate of drug-likeness (QED) is 0.639. The van der Waals surface area contributed by atoms with Crippen molar-refractivity contribution in [1.29, 1.82) is 0 Å². The van der Waals surface area contributed by atoms with Gasteiger partial charge in [-0.3, -0.25) is 4.79 Å². The van der Waals surface area contributed by atoms with Crippen LogP contribution in [-0.4, -0.2) is 16.3 Å². The molecule has 1 aromatic rings. The topological polar surface area (TPSA) is 54.4 Å². The molecule has 5 heteroatoms. The van der Waals surface area contributed by atoms with Crippen molar-refractivity contribution in [2.45, 2.75) is 31.8 Å². The summed E-state index contributed by atoms with van der Waals surface area (Å²) in [5, 5.41) is 0. The first kappa shape index (κ1) is 14.5. The SMILES string of the molecule is CCC(CCC(=O)c1ccc(Br)cc1)[P+](=O)O. The molecule has 0 aliphatic carbocycles. The molecule has 3 nitrogen and oxygen atoms in total. The monoisotopic (exact) mass is 317 g/mol. The Bertz CT molecular complexity index is 403. The average molecular weight is 318 g/mol. The number of hydrogen-bond donors (Lipinski definition) is 1. The van der Waals surface area contributed by atoms with Crippen molar-refractivity contribution in [2.75, 3.05) is 0 Å². The molecule has 2 atom stereocenters. The standard InChI is InChI=1S/C12H14BrO3P/c1-2-11(17(15)16)7-8-12(14)9-3-5-10(13)6-4-9/h3-6,11H,2,7-8H2,1H3/p+1. The van der Waals surface area contributed by atoms with E-state index in [0.29, 0.717) is 24.8 Å². The van der Waals surface area contributed by atoms with Crippen molar-refractivity contribution < 1.29 is 14.3 Å². The molecular formula is C12H15BrO3P+. The van der Waals surface area contributed by atoms with Gasteiger partial charge in [-0.1, -0.05) is 35.0 Å². The molecule has 0 spiro atoms. The van der Waals surface area contributed by atoms with Crippen LogP contribution in [0.5, 0.6) is 0 Å². The predicted molar refractivity (Wildman–Crippen MR) is 71.6 cm³/mol. The lowest BCUT2D eigenvalue weighted by Crippen LogP contribution is -2.06. The lowest BCUT2D eigenvalue weighted by Gasteiger charge is -2.02. The number of ketones is 1. The van der Waals surface area contributed by atoms with E-state index in [1.54, 1.807) is 12.1 Å². The maximum absolute atomic E-state index is 11.8. The van der Waals surface area contributed by atoms with Gasteiger partial charge in [-0.2, -0.15) is 4.89 Å². The smallest absolute Gasteiger partial charge is 0.294 e. The minimum atomic E-state index is -2.18. The maximum atomic E-state index is 11.8. The van der Waals surface area contributed by atoms with Crippen LogP contribution in [0.2, 0.25) is 0 Å². The van der Waals surface area contributed by atoms with Gasteiger partial charge in [0.05, 0.1) is 0 Å². The van der Waals surface area contributed by atoms with E-state index in [1.165, 1.54) is 0 Å². The van der Waals surface area contributed by atoms with Crippen LogP contribution in [0.1, 0.15) is 36.5 Å². The average Bonchev–Trinajstić information content (AvgIpc) is 2.30. The van der Waals surface area contributed by atoms with Gasteiger partial charge in [-0.25, -0.2) is 0 Å². The van der Waals surface area contributed by atoms with E-state index in [0.717, 1.165) is 4.47 Å². The third kappa shape index (κ3) is 4.66. The third-order valence-electron chi connectivity index (χ3n) is 2.65. The Morgan fingerprint density at radius 3 is 2.47 bits per heavy atom. The first-order valence-corrected chi connectivity index (χ1v) is 7.56. The molecule has 0 aliphatic rings. The minimum absolute atomic E-state index is 0.0211. The van der Waals surface area contributed by atoms with E-state index in [-0.39, 0.29) is 11.4 Å². The molecule has 17 heavy (non-hydrogen) atoms. The Labute approximate surface area is 110 Å². The summed E-state index contributed by atoms with van der Waals surface area (Å²) in [5.41, 5.74) is 0.376. The Hall–Kier alpha value is -0.570. The molecule has 2 unspecified atom stereocenters. The second-order valence-electron chi connectivity index (χ2n) is 3.83. The number of halogens is 1. The van der Waals surface area contributed by atoms with Crippen molar-refractivity contribution in [3.05, 3.63) is 34.3 Å². The molecule has 0 amide bonds. The second kappa shape index (κ2) is 7.00. The predicted octanol–water partition coefficient (Wildman–Crippen LogP) is 3.93. The highest BCUT2D eigenvalue weighted by molar-refractivity contribution is 9.10. The number of rotatable bonds is 6. The van der Waals surface area contributed by atoms with Crippen molar-refractivity contribution in [3.63, 3.8) is 0 Å². The van der Waals surface area contributed by atoms with Crippen LogP contribution >= 0.6 is 24.0 Å². The number of carbonyl (C=O) groups is 1. The molecule has 0 aliphatic heterocycles. The van der Waals surface area contributed by atoms with Gasteiger partial charge in [0.2, 0.25) is 0 Å². The lowest BCUT2D eigenvalue weighted by atomic mass is 10.0. The van der Waals surface area contributed by atoms with E-state index >= 15 is 0 Å². The van der Waals surface area contributed by atoms with Gasteiger partial charge in [-0.05, 0) is 23.1 Å². The number of hydrogen-bond acceptors (Lipinski definition) is 2. The fourth-order valence-corrected chi connectivity index (χ4v) is 2.48. The van der Waals surface area contributed by atoms with Crippen molar-refractivity contribution >= 4 is 29.7 Å². The Morgan fingerprint density at radius 2 is 2.00 bits per heavy atom. The van der Waals surface area contributed by atoms with Gasteiger partial charge in [0.1, 0.15) is 0 Å². The summed E-state index contributed by atoms with van der Waals surface area (Å²) in [6.45, 7) is 1.86. The molecule has 1 aromatic carbocycles. The fraction of sp³-hybridized carbons (Fsp3) is 0.417. The largest absolute Gasteiger partial charge is 0.508 e. The molecule has 0 saturated heterocycles. The van der Waals surface area contributed by atoms with Crippen molar-refractivity contribution in [3.8, 4) is 0 Å². The van der Waals surface area contributed by atoms with Crippen LogP contribution in [0, 0.1) is 0 Å². The molecule has 92 valence electrons. The summed E-state index contributed by atoms with van der Waals surface area (Å²) in [4.78, 5) is 20.8. The Balaban J connectivity index is 2.55. The summed E-state index contributed by atoms with van der Waals surface area (Å²) in [6, 6.07) is 7.15. The minimum Gasteiger partial charge on any atom is -0.294 e. The Kier molecular flexibility index (Phi) is 5.96. The summed E-state index contributed by atoms with van der Waals surface area (Å²) in [5.74, 6) is 0.0211. The van der Waals surface area contributed by atoms with E-state index < -0.39 is 8.03 Å². The molecular weight excluding hydrogens is 303 g/mol. The van der Waals surface area contributed by atoms with Crippen molar-refractivity contribution in [2.24, 2.45) is 0 Å². The van der Waals surface area contributed by atoms with E-state index in [9.17, 15) is 9.36 Å². The highest BCUT2D eigenvalue weighted by Gasteiger charge is 2.27. The summed E-state index contributed by atoms with van der Waals surface area (Å²) in [7, 11) is -2.18. The zero-order chi connectivity index (χ0) is 12.8. The molecule has 1 N–H and O–H groups in total. The van der Waals surface area contributed by atoms with Gasteiger partial charge in [0.15, 0.2) is 11.4 Å². The van der Waals surface area contributed by atoms with Crippen LogP contribution < -0.4 is 0 Å². The van der Waals surface area contributed by atoms with E-state index in [4.69, 9.17) is 4.89 Å². The number of benzene rings is 1.